The normalized spacial score (nSPS) is 18.8. The van der Waals surface area contributed by atoms with Crippen molar-refractivity contribution in [3.05, 3.63) is 24.3 Å². The van der Waals surface area contributed by atoms with Crippen molar-refractivity contribution in [1.82, 2.24) is 5.32 Å². The van der Waals surface area contributed by atoms with E-state index in [0.717, 1.165) is 24.9 Å². The molecule has 3 amide bonds. The number of nitrogens with one attached hydrogen (secondary N) is 2. The van der Waals surface area contributed by atoms with Gasteiger partial charge >= 0.3 is 0 Å². The molecular formula is C18H24N4O4. The molecule has 26 heavy (non-hydrogen) atoms. The molecule has 1 heterocycles. The summed E-state index contributed by atoms with van der Waals surface area (Å²) in [6.07, 6.45) is 2.79. The summed E-state index contributed by atoms with van der Waals surface area (Å²) in [5.74, 6) is -0.546. The largest absolute Gasteiger partial charge is 0.370 e. The third kappa shape index (κ3) is 4.20. The van der Waals surface area contributed by atoms with Crippen molar-refractivity contribution in [2.45, 2.75) is 25.3 Å². The van der Waals surface area contributed by atoms with E-state index < -0.39 is 6.04 Å². The number of nitrogens with zero attached hydrogens (tertiary/aromatic N) is 1. The van der Waals surface area contributed by atoms with Crippen molar-refractivity contribution in [2.75, 3.05) is 36.5 Å². The number of amides is 3. The van der Waals surface area contributed by atoms with Crippen molar-refractivity contribution >= 4 is 29.1 Å². The van der Waals surface area contributed by atoms with E-state index in [1.807, 2.05) is 0 Å². The predicted octanol–water partition coefficient (Wildman–Crippen LogP) is 0.232. The minimum atomic E-state index is -0.761. The minimum Gasteiger partial charge on any atom is -0.370 e. The lowest BCUT2D eigenvalue weighted by molar-refractivity contribution is -0.131. The van der Waals surface area contributed by atoms with E-state index in [2.05, 4.69) is 10.6 Å². The molecular weight excluding hydrogens is 336 g/mol. The van der Waals surface area contributed by atoms with Crippen molar-refractivity contribution in [2.24, 2.45) is 11.7 Å². The zero-order valence-corrected chi connectivity index (χ0v) is 14.6. The molecule has 8 nitrogen and oxygen atoms in total. The fraction of sp³-hybridized carbons (Fsp3) is 0.500. The van der Waals surface area contributed by atoms with Crippen LogP contribution in [0.25, 0.3) is 0 Å². The molecule has 2 fully saturated rings. The summed E-state index contributed by atoms with van der Waals surface area (Å²) in [6, 6.07) is 6.21. The summed E-state index contributed by atoms with van der Waals surface area (Å²) < 4.78 is 5.11. The Morgan fingerprint density at radius 2 is 2.00 bits per heavy atom. The molecule has 140 valence electrons. The second kappa shape index (κ2) is 8.29. The Bertz CT molecular complexity index is 672. The molecule has 1 aromatic rings. The molecule has 4 N–H and O–H groups in total. The van der Waals surface area contributed by atoms with E-state index in [-0.39, 0.29) is 36.8 Å². The Hall–Kier alpha value is -2.45. The van der Waals surface area contributed by atoms with Crippen LogP contribution in [0.5, 0.6) is 0 Å². The smallest absolute Gasteiger partial charge is 0.253 e. The van der Waals surface area contributed by atoms with Gasteiger partial charge in [-0.2, -0.15) is 0 Å². The Kier molecular flexibility index (Phi) is 5.85. The van der Waals surface area contributed by atoms with Gasteiger partial charge in [-0.1, -0.05) is 6.42 Å². The second-order valence-corrected chi connectivity index (χ2v) is 6.56. The molecule has 0 spiro atoms. The summed E-state index contributed by atoms with van der Waals surface area (Å²) in [4.78, 5) is 37.9. The fourth-order valence-electron chi connectivity index (χ4n) is 2.94. The average molecular weight is 360 g/mol. The SMILES string of the molecule is NC[C@H](NC(=O)C1CCC1)C(=O)Nc1ccc(N2CCOCC2=O)cc1. The zero-order chi connectivity index (χ0) is 18.5. The van der Waals surface area contributed by atoms with Crippen LogP contribution in [0.1, 0.15) is 19.3 Å². The highest BCUT2D eigenvalue weighted by molar-refractivity contribution is 5.98. The van der Waals surface area contributed by atoms with Crippen LogP contribution >= 0.6 is 0 Å². The predicted molar refractivity (Wildman–Crippen MR) is 96.6 cm³/mol. The number of nitrogens with two attached hydrogens (primary N) is 1. The third-order valence-electron chi connectivity index (χ3n) is 4.78. The van der Waals surface area contributed by atoms with Crippen molar-refractivity contribution in [3.63, 3.8) is 0 Å². The lowest BCUT2D eigenvalue weighted by Gasteiger charge is -2.27. The van der Waals surface area contributed by atoms with Crippen LogP contribution in [0.15, 0.2) is 24.3 Å². The molecule has 1 aliphatic carbocycles. The van der Waals surface area contributed by atoms with Crippen molar-refractivity contribution in [3.8, 4) is 0 Å². The maximum absolute atomic E-state index is 12.4. The van der Waals surface area contributed by atoms with Crippen LogP contribution in [-0.4, -0.2) is 50.1 Å². The molecule has 1 saturated heterocycles. The van der Waals surface area contributed by atoms with E-state index >= 15 is 0 Å². The molecule has 0 aromatic heterocycles. The first kappa shape index (κ1) is 18.3. The van der Waals surface area contributed by atoms with Gasteiger partial charge in [0, 0.05) is 30.4 Å². The monoisotopic (exact) mass is 360 g/mol. The summed E-state index contributed by atoms with van der Waals surface area (Å²) >= 11 is 0. The topological polar surface area (TPSA) is 114 Å². The Labute approximate surface area is 152 Å². The van der Waals surface area contributed by atoms with Crippen LogP contribution in [0.3, 0.4) is 0 Å². The van der Waals surface area contributed by atoms with Gasteiger partial charge in [-0.15, -0.1) is 0 Å². The maximum atomic E-state index is 12.4. The van der Waals surface area contributed by atoms with E-state index in [1.165, 1.54) is 0 Å². The first-order valence-electron chi connectivity index (χ1n) is 8.88. The van der Waals surface area contributed by atoms with Gasteiger partial charge in [-0.3, -0.25) is 14.4 Å². The number of rotatable bonds is 6. The maximum Gasteiger partial charge on any atom is 0.253 e. The number of hydrogen-bond acceptors (Lipinski definition) is 5. The van der Waals surface area contributed by atoms with Gasteiger partial charge in [-0.25, -0.2) is 0 Å². The first-order chi connectivity index (χ1) is 12.6. The second-order valence-electron chi connectivity index (χ2n) is 6.56. The van der Waals surface area contributed by atoms with E-state index in [4.69, 9.17) is 10.5 Å². The number of morpholine rings is 1. The highest BCUT2D eigenvalue weighted by Crippen LogP contribution is 2.26. The molecule has 3 rings (SSSR count). The molecule has 0 bridgehead atoms. The average Bonchev–Trinajstić information content (AvgIpc) is 2.59. The number of carbonyl (C=O) groups excluding carboxylic acids is 3. The Morgan fingerprint density at radius 3 is 2.58 bits per heavy atom. The minimum absolute atomic E-state index is 0.00203. The zero-order valence-electron chi connectivity index (χ0n) is 14.6. The molecule has 1 aromatic carbocycles. The van der Waals surface area contributed by atoms with E-state index in [0.29, 0.717) is 18.8 Å². The van der Waals surface area contributed by atoms with Gasteiger partial charge in [0.15, 0.2) is 0 Å². The van der Waals surface area contributed by atoms with Crippen LogP contribution in [0.4, 0.5) is 11.4 Å². The lowest BCUT2D eigenvalue weighted by atomic mass is 9.84. The van der Waals surface area contributed by atoms with Gasteiger partial charge in [0.05, 0.1) is 6.61 Å². The third-order valence-corrected chi connectivity index (χ3v) is 4.78. The molecule has 0 unspecified atom stereocenters. The number of benzene rings is 1. The molecule has 0 radical (unpaired) electrons. The highest BCUT2D eigenvalue weighted by Gasteiger charge is 2.28. The van der Waals surface area contributed by atoms with Gasteiger partial charge in [0.25, 0.3) is 5.91 Å². The molecule has 2 aliphatic rings. The van der Waals surface area contributed by atoms with Crippen molar-refractivity contribution in [1.29, 1.82) is 0 Å². The summed E-state index contributed by atoms with van der Waals surface area (Å²) in [6.45, 7) is 1.12. The van der Waals surface area contributed by atoms with Gasteiger partial charge in [0.1, 0.15) is 12.6 Å². The van der Waals surface area contributed by atoms with E-state index in [9.17, 15) is 14.4 Å². The molecule has 1 aliphatic heterocycles. The summed E-state index contributed by atoms with van der Waals surface area (Å²) in [7, 11) is 0. The highest BCUT2D eigenvalue weighted by atomic mass is 16.5. The van der Waals surface area contributed by atoms with Crippen LogP contribution in [0.2, 0.25) is 0 Å². The van der Waals surface area contributed by atoms with Crippen LogP contribution in [-0.2, 0) is 19.1 Å². The Morgan fingerprint density at radius 1 is 1.27 bits per heavy atom. The number of carbonyl (C=O) groups is 3. The Balaban J connectivity index is 1.57. The van der Waals surface area contributed by atoms with Crippen molar-refractivity contribution < 1.29 is 19.1 Å². The van der Waals surface area contributed by atoms with Gasteiger partial charge in [-0.05, 0) is 37.1 Å². The van der Waals surface area contributed by atoms with Gasteiger partial charge < -0.3 is 26.0 Å². The molecule has 8 heteroatoms. The lowest BCUT2D eigenvalue weighted by Crippen LogP contribution is -2.50. The summed E-state index contributed by atoms with van der Waals surface area (Å²) in [5, 5.41) is 5.47. The number of ether oxygens (including phenoxy) is 1. The molecule has 1 saturated carbocycles. The van der Waals surface area contributed by atoms with Gasteiger partial charge in [0.2, 0.25) is 11.8 Å². The summed E-state index contributed by atoms with van der Waals surface area (Å²) in [5.41, 5.74) is 6.97. The standard InChI is InChI=1S/C18H24N4O4/c19-10-15(21-17(24)12-2-1-3-12)18(25)20-13-4-6-14(7-5-13)22-8-9-26-11-16(22)23/h4-7,12,15H,1-3,8-11,19H2,(H,20,25)(H,21,24)/t15-/m0/s1. The molecule has 1 atom stereocenters. The number of hydrogen-bond donors (Lipinski definition) is 3. The van der Waals surface area contributed by atoms with Crippen LogP contribution < -0.4 is 21.3 Å². The van der Waals surface area contributed by atoms with Crippen LogP contribution in [0, 0.1) is 5.92 Å². The number of anilines is 2. The van der Waals surface area contributed by atoms with E-state index in [1.54, 1.807) is 29.2 Å². The first-order valence-corrected chi connectivity index (χ1v) is 8.88. The quantitative estimate of drug-likeness (QED) is 0.672. The fourth-order valence-corrected chi connectivity index (χ4v) is 2.94.